The highest BCUT2D eigenvalue weighted by Crippen LogP contribution is 2.40. The number of nitrogens with one attached hydrogen (secondary N) is 1. The van der Waals surface area contributed by atoms with Crippen molar-refractivity contribution in [1.29, 1.82) is 0 Å². The van der Waals surface area contributed by atoms with E-state index in [0.29, 0.717) is 25.4 Å². The van der Waals surface area contributed by atoms with Crippen molar-refractivity contribution in [2.45, 2.75) is 18.9 Å². The average Bonchev–Trinajstić information content (AvgIpc) is 2.76. The van der Waals surface area contributed by atoms with Gasteiger partial charge in [0.15, 0.2) is 11.5 Å². The van der Waals surface area contributed by atoms with Gasteiger partial charge in [0.05, 0.1) is 26.8 Å². The molecule has 1 N–H and O–H groups in total. The van der Waals surface area contributed by atoms with Gasteiger partial charge in [-0.1, -0.05) is 30.3 Å². The van der Waals surface area contributed by atoms with Gasteiger partial charge in [0.25, 0.3) is 0 Å². The molecule has 0 aromatic heterocycles. The third-order valence-electron chi connectivity index (χ3n) is 5.28. The van der Waals surface area contributed by atoms with Gasteiger partial charge in [0.1, 0.15) is 0 Å². The fraction of sp³-hybridized carbons (Fsp3) is 0.435. The fourth-order valence-electron chi connectivity index (χ4n) is 3.88. The third kappa shape index (κ3) is 5.08. The van der Waals surface area contributed by atoms with Crippen molar-refractivity contribution in [2.75, 3.05) is 47.6 Å². The van der Waals surface area contributed by atoms with Gasteiger partial charge in [0, 0.05) is 26.8 Å². The summed E-state index contributed by atoms with van der Waals surface area (Å²) in [7, 11) is 4.97. The first-order valence-electron chi connectivity index (χ1n) is 9.97. The molecule has 1 aliphatic rings. The van der Waals surface area contributed by atoms with Gasteiger partial charge >= 0.3 is 0 Å². The Balaban J connectivity index is 1.87. The first kappa shape index (κ1) is 21.1. The number of hydrogen-bond acceptors (Lipinski definition) is 5. The van der Waals surface area contributed by atoms with Gasteiger partial charge in [-0.05, 0) is 41.7 Å². The molecule has 0 saturated heterocycles. The second-order valence-electron chi connectivity index (χ2n) is 7.14. The minimum absolute atomic E-state index is 0.00974. The Morgan fingerprint density at radius 3 is 2.52 bits per heavy atom. The quantitative estimate of drug-likeness (QED) is 0.658. The van der Waals surface area contributed by atoms with E-state index in [1.54, 1.807) is 21.3 Å². The number of nitrogens with zero attached hydrogens (tertiary/aromatic N) is 1. The largest absolute Gasteiger partial charge is 0.493 e. The first-order valence-corrected chi connectivity index (χ1v) is 9.97. The molecule has 1 heterocycles. The number of rotatable bonds is 9. The van der Waals surface area contributed by atoms with Crippen LogP contribution in [0.3, 0.4) is 0 Å². The summed E-state index contributed by atoms with van der Waals surface area (Å²) in [6.45, 7) is 2.41. The van der Waals surface area contributed by atoms with Crippen LogP contribution in [0.4, 0.5) is 0 Å². The van der Waals surface area contributed by atoms with Gasteiger partial charge in [-0.15, -0.1) is 0 Å². The van der Waals surface area contributed by atoms with Crippen LogP contribution < -0.4 is 14.8 Å². The van der Waals surface area contributed by atoms with Crippen LogP contribution in [0.25, 0.3) is 0 Å². The van der Waals surface area contributed by atoms with Crippen LogP contribution in [-0.2, 0) is 16.0 Å². The minimum Gasteiger partial charge on any atom is -0.493 e. The molecule has 29 heavy (non-hydrogen) atoms. The lowest BCUT2D eigenvalue weighted by Gasteiger charge is -2.37. The van der Waals surface area contributed by atoms with Gasteiger partial charge in [0.2, 0.25) is 5.91 Å². The maximum atomic E-state index is 12.5. The Hall–Kier alpha value is -2.57. The molecule has 0 bridgehead atoms. The van der Waals surface area contributed by atoms with E-state index in [2.05, 4.69) is 34.5 Å². The minimum atomic E-state index is -0.00974. The lowest BCUT2D eigenvalue weighted by Crippen LogP contribution is -2.43. The second kappa shape index (κ2) is 10.3. The Labute approximate surface area is 172 Å². The Morgan fingerprint density at radius 2 is 1.83 bits per heavy atom. The molecule has 2 aromatic carbocycles. The zero-order valence-electron chi connectivity index (χ0n) is 17.4. The molecule has 156 valence electrons. The van der Waals surface area contributed by atoms with Gasteiger partial charge in [-0.2, -0.15) is 0 Å². The van der Waals surface area contributed by atoms with E-state index in [-0.39, 0.29) is 11.9 Å². The number of hydrogen-bond donors (Lipinski definition) is 1. The van der Waals surface area contributed by atoms with Crippen LogP contribution in [0.1, 0.15) is 29.2 Å². The maximum absolute atomic E-state index is 12.5. The summed E-state index contributed by atoms with van der Waals surface area (Å²) in [6, 6.07) is 14.4. The number of carbonyl (C=O) groups is 1. The smallest absolute Gasteiger partial charge is 0.234 e. The number of fused-ring (bicyclic) bond motifs is 1. The zero-order chi connectivity index (χ0) is 20.6. The molecule has 3 rings (SSSR count). The highest BCUT2D eigenvalue weighted by atomic mass is 16.5. The van der Waals surface area contributed by atoms with Crippen molar-refractivity contribution in [2.24, 2.45) is 0 Å². The summed E-state index contributed by atoms with van der Waals surface area (Å²) >= 11 is 0. The molecule has 1 atom stereocenters. The van der Waals surface area contributed by atoms with E-state index >= 15 is 0 Å². The lowest BCUT2D eigenvalue weighted by molar-refractivity contribution is -0.122. The summed E-state index contributed by atoms with van der Waals surface area (Å²) in [5, 5.41) is 3.00. The predicted molar refractivity (Wildman–Crippen MR) is 113 cm³/mol. The number of benzene rings is 2. The summed E-state index contributed by atoms with van der Waals surface area (Å²) in [6.07, 6.45) is 1.67. The number of methoxy groups -OCH3 is 3. The molecular formula is C23H30N2O4. The van der Waals surface area contributed by atoms with E-state index < -0.39 is 0 Å². The van der Waals surface area contributed by atoms with Crippen molar-refractivity contribution < 1.29 is 19.0 Å². The fourth-order valence-corrected chi connectivity index (χ4v) is 3.88. The van der Waals surface area contributed by atoms with E-state index in [9.17, 15) is 4.79 Å². The van der Waals surface area contributed by atoms with Crippen molar-refractivity contribution in [3.8, 4) is 11.5 Å². The molecule has 1 amide bonds. The van der Waals surface area contributed by atoms with Crippen LogP contribution in [0.5, 0.6) is 11.5 Å². The van der Waals surface area contributed by atoms with E-state index in [1.807, 2.05) is 18.2 Å². The van der Waals surface area contributed by atoms with Crippen LogP contribution in [0, 0.1) is 0 Å². The second-order valence-corrected chi connectivity index (χ2v) is 7.14. The van der Waals surface area contributed by atoms with E-state index in [1.165, 1.54) is 5.56 Å². The molecular weight excluding hydrogens is 368 g/mol. The number of carbonyl (C=O) groups excluding carboxylic acids is 1. The number of amides is 1. The summed E-state index contributed by atoms with van der Waals surface area (Å²) in [5.74, 6) is 1.48. The first-order chi connectivity index (χ1) is 14.2. The molecule has 0 saturated carbocycles. The highest BCUT2D eigenvalue weighted by Gasteiger charge is 2.31. The summed E-state index contributed by atoms with van der Waals surface area (Å²) < 4.78 is 16.1. The SMILES string of the molecule is COCCCNC(=O)CN1CCc2cc(OC)c(OC)cc2C1c1ccccc1. The molecule has 0 aliphatic carbocycles. The van der Waals surface area contributed by atoms with Crippen LogP contribution in [0.15, 0.2) is 42.5 Å². The number of ether oxygens (including phenoxy) is 3. The molecule has 0 radical (unpaired) electrons. The Kier molecular flexibility index (Phi) is 7.49. The van der Waals surface area contributed by atoms with Crippen molar-refractivity contribution in [3.63, 3.8) is 0 Å². The molecule has 1 unspecified atom stereocenters. The lowest BCUT2D eigenvalue weighted by atomic mass is 9.87. The maximum Gasteiger partial charge on any atom is 0.234 e. The molecule has 2 aromatic rings. The summed E-state index contributed by atoms with van der Waals surface area (Å²) in [4.78, 5) is 14.8. The molecule has 6 heteroatoms. The Morgan fingerprint density at radius 1 is 1.10 bits per heavy atom. The van der Waals surface area contributed by atoms with Gasteiger partial charge < -0.3 is 19.5 Å². The third-order valence-corrected chi connectivity index (χ3v) is 5.28. The summed E-state index contributed by atoms with van der Waals surface area (Å²) in [5.41, 5.74) is 3.55. The zero-order valence-corrected chi connectivity index (χ0v) is 17.4. The average molecular weight is 399 g/mol. The molecule has 0 spiro atoms. The Bertz CT molecular complexity index is 810. The van der Waals surface area contributed by atoms with E-state index in [4.69, 9.17) is 14.2 Å². The van der Waals surface area contributed by atoms with Crippen LogP contribution >= 0.6 is 0 Å². The molecule has 0 fully saturated rings. The van der Waals surface area contributed by atoms with Gasteiger partial charge in [-0.25, -0.2) is 0 Å². The topological polar surface area (TPSA) is 60.0 Å². The highest BCUT2D eigenvalue weighted by molar-refractivity contribution is 5.78. The predicted octanol–water partition coefficient (Wildman–Crippen LogP) is 2.80. The van der Waals surface area contributed by atoms with Crippen LogP contribution in [-0.4, -0.2) is 58.4 Å². The van der Waals surface area contributed by atoms with Crippen molar-refractivity contribution in [3.05, 3.63) is 59.2 Å². The standard InChI is InChI=1S/C23H30N2O4/c1-27-13-7-11-24-22(26)16-25-12-10-18-14-20(28-2)21(29-3)15-19(18)23(25)17-8-5-4-6-9-17/h4-6,8-9,14-15,23H,7,10-13,16H2,1-3H3,(H,24,26). The van der Waals surface area contributed by atoms with Crippen LogP contribution in [0.2, 0.25) is 0 Å². The van der Waals surface area contributed by atoms with E-state index in [0.717, 1.165) is 36.3 Å². The molecule has 1 aliphatic heterocycles. The monoisotopic (exact) mass is 398 g/mol. The van der Waals surface area contributed by atoms with Crippen molar-refractivity contribution in [1.82, 2.24) is 10.2 Å². The normalized spacial score (nSPS) is 16.2. The molecule has 6 nitrogen and oxygen atoms in total. The van der Waals surface area contributed by atoms with Crippen molar-refractivity contribution >= 4 is 5.91 Å². The van der Waals surface area contributed by atoms with Gasteiger partial charge in [-0.3, -0.25) is 9.69 Å².